The van der Waals surface area contributed by atoms with Gasteiger partial charge in [0.15, 0.2) is 0 Å². The summed E-state index contributed by atoms with van der Waals surface area (Å²) in [7, 11) is -4.52. The molecule has 28 heavy (non-hydrogen) atoms. The molecule has 1 heterocycles. The molecule has 0 spiro atoms. The first-order valence-corrected chi connectivity index (χ1v) is 11.3. The topological polar surface area (TPSA) is 121 Å². The lowest BCUT2D eigenvalue weighted by Gasteiger charge is -2.60. The van der Waals surface area contributed by atoms with Crippen LogP contribution >= 0.6 is 0 Å². The summed E-state index contributed by atoms with van der Waals surface area (Å²) in [6.07, 6.45) is 3.36. The number of esters is 1. The third-order valence-corrected chi connectivity index (χ3v) is 8.77. The van der Waals surface area contributed by atoms with Crippen molar-refractivity contribution >= 4 is 16.1 Å². The maximum Gasteiger partial charge on any atom is 0.335 e. The number of hydrogen-bond donors (Lipinski definition) is 3. The molecule has 0 unspecified atom stereocenters. The second kappa shape index (κ2) is 7.23. The summed E-state index contributed by atoms with van der Waals surface area (Å²) in [5.74, 6) is -1.02. The van der Waals surface area contributed by atoms with E-state index in [2.05, 4.69) is 13.5 Å². The molecule has 0 aromatic carbocycles. The SMILES string of the molecule is C=C1CC[C@@H]2[C@](C)(CO)[C@H](O)CC[C@@]2(C)[C@H]1C[C@H](C1=CCOC1=O)S(=O)(=O)O. The predicted octanol–water partition coefficient (Wildman–Crippen LogP) is 1.86. The lowest BCUT2D eigenvalue weighted by molar-refractivity contribution is -0.152. The van der Waals surface area contributed by atoms with Crippen LogP contribution in [0, 0.1) is 22.7 Å². The average molecular weight is 415 g/mol. The molecule has 6 atom stereocenters. The third-order valence-electron chi connectivity index (χ3n) is 7.60. The van der Waals surface area contributed by atoms with Crippen LogP contribution in [0.15, 0.2) is 23.8 Å². The van der Waals surface area contributed by atoms with Gasteiger partial charge in [0.1, 0.15) is 11.9 Å². The van der Waals surface area contributed by atoms with E-state index < -0.39 is 38.3 Å². The molecule has 2 fully saturated rings. The Hall–Kier alpha value is -1.22. The van der Waals surface area contributed by atoms with Crippen molar-refractivity contribution in [2.45, 2.75) is 57.3 Å². The van der Waals surface area contributed by atoms with Gasteiger partial charge in [-0.05, 0) is 55.4 Å². The van der Waals surface area contributed by atoms with Crippen molar-refractivity contribution in [1.82, 2.24) is 0 Å². The first-order chi connectivity index (χ1) is 12.9. The maximum absolute atomic E-state index is 12.1. The second-order valence-corrected chi connectivity index (χ2v) is 10.6. The first-order valence-electron chi connectivity index (χ1n) is 9.75. The normalized spacial score (nSPS) is 39.9. The molecule has 0 saturated heterocycles. The Morgan fingerprint density at radius 2 is 2.04 bits per heavy atom. The molecule has 0 aromatic heterocycles. The summed E-state index contributed by atoms with van der Waals surface area (Å²) in [6, 6.07) is 0. The Balaban J connectivity index is 1.99. The first kappa shape index (κ1) is 21.5. The highest BCUT2D eigenvalue weighted by molar-refractivity contribution is 7.86. The Morgan fingerprint density at radius 1 is 1.36 bits per heavy atom. The third kappa shape index (κ3) is 3.34. The highest BCUT2D eigenvalue weighted by Gasteiger charge is 2.58. The Morgan fingerprint density at radius 3 is 2.57 bits per heavy atom. The zero-order valence-electron chi connectivity index (χ0n) is 16.4. The van der Waals surface area contributed by atoms with Crippen LogP contribution in [0.4, 0.5) is 0 Å². The van der Waals surface area contributed by atoms with Crippen LogP contribution in [-0.4, -0.2) is 53.7 Å². The number of carbonyl (C=O) groups excluding carboxylic acids is 1. The molecule has 3 rings (SSSR count). The molecule has 1 aliphatic heterocycles. The van der Waals surface area contributed by atoms with Gasteiger partial charge in [-0.2, -0.15) is 8.42 Å². The highest BCUT2D eigenvalue weighted by atomic mass is 32.2. The van der Waals surface area contributed by atoms with Crippen molar-refractivity contribution in [3.63, 3.8) is 0 Å². The van der Waals surface area contributed by atoms with Crippen LogP contribution in [0.25, 0.3) is 0 Å². The van der Waals surface area contributed by atoms with Crippen LogP contribution in [0.1, 0.15) is 46.0 Å². The van der Waals surface area contributed by atoms with E-state index in [-0.39, 0.29) is 37.0 Å². The molecule has 0 amide bonds. The maximum atomic E-state index is 12.1. The molecule has 0 bridgehead atoms. The lowest BCUT2D eigenvalue weighted by Crippen LogP contribution is -2.57. The molecule has 3 aliphatic rings. The van der Waals surface area contributed by atoms with Crippen molar-refractivity contribution in [1.29, 1.82) is 0 Å². The zero-order valence-corrected chi connectivity index (χ0v) is 17.2. The highest BCUT2D eigenvalue weighted by Crippen LogP contribution is 2.62. The van der Waals surface area contributed by atoms with Gasteiger partial charge in [-0.25, -0.2) is 4.79 Å². The monoisotopic (exact) mass is 414 g/mol. The van der Waals surface area contributed by atoms with Gasteiger partial charge in [-0.1, -0.05) is 26.0 Å². The van der Waals surface area contributed by atoms with Gasteiger partial charge in [-0.15, -0.1) is 0 Å². The summed E-state index contributed by atoms with van der Waals surface area (Å²) in [5, 5.41) is 19.3. The fourth-order valence-electron chi connectivity index (χ4n) is 5.90. The number of ether oxygens (including phenoxy) is 1. The number of rotatable bonds is 5. The Labute approximate surface area is 166 Å². The molecular formula is C20H30O7S. The summed E-state index contributed by atoms with van der Waals surface area (Å²) in [6.45, 7) is 7.94. The molecular weight excluding hydrogens is 384 g/mol. The second-order valence-electron chi connectivity index (χ2n) is 9.02. The minimum Gasteiger partial charge on any atom is -0.458 e. The summed E-state index contributed by atoms with van der Waals surface area (Å²) in [4.78, 5) is 12.0. The minimum atomic E-state index is -4.52. The average Bonchev–Trinajstić information content (AvgIpc) is 3.02. The van der Waals surface area contributed by atoms with E-state index in [0.29, 0.717) is 19.3 Å². The largest absolute Gasteiger partial charge is 0.458 e. The molecule has 3 N–H and O–H groups in total. The van der Waals surface area contributed by atoms with Crippen molar-refractivity contribution in [2.75, 3.05) is 13.2 Å². The number of aliphatic hydroxyl groups excluding tert-OH is 2. The lowest BCUT2D eigenvalue weighted by atomic mass is 9.46. The fourth-order valence-corrected chi connectivity index (χ4v) is 6.84. The predicted molar refractivity (Wildman–Crippen MR) is 103 cm³/mol. The zero-order chi connectivity index (χ0) is 20.9. The van der Waals surface area contributed by atoms with E-state index in [1.165, 1.54) is 6.08 Å². The van der Waals surface area contributed by atoms with Gasteiger partial charge in [0.25, 0.3) is 10.1 Å². The standard InChI is InChI=1S/C20H30O7S/c1-12-4-5-16-19(2,8-6-17(22)20(16,3)11-21)14(12)10-15(28(24,25)26)13-7-9-27-18(13)23/h7,14-17,21-22H,1,4-6,8-11H2,2-3H3,(H,24,25,26)/t14-,15+,16-,17+,19-,20-/m0/s1. The van der Waals surface area contributed by atoms with Crippen molar-refractivity contribution in [3.8, 4) is 0 Å². The van der Waals surface area contributed by atoms with Crippen LogP contribution in [0.2, 0.25) is 0 Å². The van der Waals surface area contributed by atoms with Crippen LogP contribution < -0.4 is 0 Å². The van der Waals surface area contributed by atoms with Crippen molar-refractivity contribution < 1.29 is 32.7 Å². The van der Waals surface area contributed by atoms with Crippen LogP contribution in [0.5, 0.6) is 0 Å². The van der Waals surface area contributed by atoms with Gasteiger partial charge in [0.2, 0.25) is 0 Å². The number of fused-ring (bicyclic) bond motifs is 1. The van der Waals surface area contributed by atoms with Gasteiger partial charge in [0, 0.05) is 5.41 Å². The Bertz CT molecular complexity index is 801. The van der Waals surface area contributed by atoms with Gasteiger partial charge < -0.3 is 14.9 Å². The molecule has 8 heteroatoms. The van der Waals surface area contributed by atoms with Gasteiger partial charge in [-0.3, -0.25) is 4.55 Å². The summed E-state index contributed by atoms with van der Waals surface area (Å²) in [5.41, 5.74) is -0.235. The quantitative estimate of drug-likeness (QED) is 0.357. The summed E-state index contributed by atoms with van der Waals surface area (Å²) >= 11 is 0. The molecule has 7 nitrogen and oxygen atoms in total. The molecule has 158 valence electrons. The van der Waals surface area contributed by atoms with E-state index in [1.54, 1.807) is 0 Å². The number of allylic oxidation sites excluding steroid dienone is 1. The van der Waals surface area contributed by atoms with E-state index in [0.717, 1.165) is 12.0 Å². The Kier molecular flexibility index (Phi) is 5.55. The number of aliphatic hydroxyl groups is 2. The van der Waals surface area contributed by atoms with Gasteiger partial charge >= 0.3 is 5.97 Å². The van der Waals surface area contributed by atoms with E-state index in [9.17, 15) is 28.0 Å². The number of hydrogen-bond acceptors (Lipinski definition) is 6. The van der Waals surface area contributed by atoms with E-state index in [1.807, 2.05) is 6.92 Å². The minimum absolute atomic E-state index is 0.000465. The van der Waals surface area contributed by atoms with E-state index >= 15 is 0 Å². The molecule has 0 radical (unpaired) electrons. The molecule has 2 saturated carbocycles. The van der Waals surface area contributed by atoms with Crippen molar-refractivity contribution in [2.24, 2.45) is 22.7 Å². The molecule has 0 aromatic rings. The number of carbonyl (C=O) groups is 1. The van der Waals surface area contributed by atoms with Gasteiger partial charge in [0.05, 0.1) is 18.3 Å². The summed E-state index contributed by atoms with van der Waals surface area (Å²) < 4.78 is 39.0. The fraction of sp³-hybridized carbons (Fsp3) is 0.750. The van der Waals surface area contributed by atoms with Crippen LogP contribution in [-0.2, 0) is 19.6 Å². The smallest absolute Gasteiger partial charge is 0.335 e. The van der Waals surface area contributed by atoms with Crippen LogP contribution in [0.3, 0.4) is 0 Å². The molecule has 2 aliphatic carbocycles. The van der Waals surface area contributed by atoms with Crippen molar-refractivity contribution in [3.05, 3.63) is 23.8 Å². The van der Waals surface area contributed by atoms with E-state index in [4.69, 9.17) is 4.74 Å². The number of cyclic esters (lactones) is 1.